The monoisotopic (exact) mass is 405 g/mol. The van der Waals surface area contributed by atoms with Crippen LogP contribution in [0.15, 0.2) is 57.9 Å². The van der Waals surface area contributed by atoms with Crippen molar-refractivity contribution in [1.29, 1.82) is 0 Å². The summed E-state index contributed by atoms with van der Waals surface area (Å²) in [5.41, 5.74) is 1.69. The predicted molar refractivity (Wildman–Crippen MR) is 103 cm³/mol. The first-order chi connectivity index (χ1) is 11.1. The minimum Gasteiger partial charge on any atom is -0.497 e. The molecular formula is C17H12BrNO2S2. The highest BCUT2D eigenvalue weighted by Crippen LogP contribution is 2.36. The van der Waals surface area contributed by atoms with Crippen LogP contribution in [0.3, 0.4) is 0 Å². The number of benzene rings is 2. The van der Waals surface area contributed by atoms with Crippen LogP contribution in [-0.2, 0) is 4.79 Å². The van der Waals surface area contributed by atoms with Gasteiger partial charge >= 0.3 is 0 Å². The summed E-state index contributed by atoms with van der Waals surface area (Å²) < 4.78 is 6.58. The fourth-order valence-electron chi connectivity index (χ4n) is 2.16. The third-order valence-corrected chi connectivity index (χ3v) is 5.07. The van der Waals surface area contributed by atoms with Gasteiger partial charge in [-0.05, 0) is 42.0 Å². The maximum Gasteiger partial charge on any atom is 0.270 e. The van der Waals surface area contributed by atoms with E-state index < -0.39 is 0 Å². The molecule has 1 aliphatic rings. The van der Waals surface area contributed by atoms with Crippen molar-refractivity contribution in [2.75, 3.05) is 12.0 Å². The van der Waals surface area contributed by atoms with Crippen molar-refractivity contribution in [1.82, 2.24) is 0 Å². The second-order valence-electron chi connectivity index (χ2n) is 4.77. The fourth-order valence-corrected chi connectivity index (χ4v) is 3.84. The summed E-state index contributed by atoms with van der Waals surface area (Å²) in [5.74, 6) is 0.678. The molecule has 1 amide bonds. The minimum atomic E-state index is -0.103. The Bertz CT molecular complexity index is 802. The van der Waals surface area contributed by atoms with Crippen LogP contribution < -0.4 is 9.64 Å². The molecule has 0 saturated carbocycles. The molecule has 116 valence electrons. The first-order valence-corrected chi connectivity index (χ1v) is 8.78. The van der Waals surface area contributed by atoms with Crippen LogP contribution in [0.1, 0.15) is 5.56 Å². The number of nitrogens with zero attached hydrogens (tertiary/aromatic N) is 1. The van der Waals surface area contributed by atoms with Gasteiger partial charge in [-0.1, -0.05) is 58.1 Å². The third-order valence-electron chi connectivity index (χ3n) is 3.27. The molecule has 0 spiro atoms. The molecule has 0 aromatic heterocycles. The number of amides is 1. The number of hydrogen-bond donors (Lipinski definition) is 0. The zero-order valence-corrected chi connectivity index (χ0v) is 15.4. The standard InChI is InChI=1S/C17H12BrNO2S2/c1-21-14-7-5-11(6-8-14)9-15-16(20)19(17(22)23-15)13-4-2-3-12(18)10-13/h2-10H,1H3. The Kier molecular flexibility index (Phi) is 4.84. The number of thioether (sulfide) groups is 1. The molecular weight excluding hydrogens is 394 g/mol. The number of carbonyl (C=O) groups excluding carboxylic acids is 1. The second-order valence-corrected chi connectivity index (χ2v) is 7.36. The highest BCUT2D eigenvalue weighted by Gasteiger charge is 2.33. The topological polar surface area (TPSA) is 29.5 Å². The second kappa shape index (κ2) is 6.86. The molecule has 1 saturated heterocycles. The molecule has 0 radical (unpaired) electrons. The predicted octanol–water partition coefficient (Wildman–Crippen LogP) is 4.86. The summed E-state index contributed by atoms with van der Waals surface area (Å²) >= 11 is 10.1. The summed E-state index contributed by atoms with van der Waals surface area (Å²) in [6, 6.07) is 15.1. The number of thiocarbonyl (C=S) groups is 1. The van der Waals surface area contributed by atoms with Gasteiger partial charge in [0.2, 0.25) is 0 Å². The molecule has 3 nitrogen and oxygen atoms in total. The highest BCUT2D eigenvalue weighted by atomic mass is 79.9. The molecule has 1 aliphatic heterocycles. The van der Waals surface area contributed by atoms with Crippen LogP contribution in [0.5, 0.6) is 5.75 Å². The SMILES string of the molecule is COc1ccc(C=C2SC(=S)N(c3cccc(Br)c3)C2=O)cc1. The third kappa shape index (κ3) is 3.49. The summed E-state index contributed by atoms with van der Waals surface area (Å²) in [5, 5.41) is 0. The summed E-state index contributed by atoms with van der Waals surface area (Å²) in [4.78, 5) is 14.8. The molecule has 0 aliphatic carbocycles. The summed E-state index contributed by atoms with van der Waals surface area (Å²) in [6.45, 7) is 0. The van der Waals surface area contributed by atoms with E-state index in [1.165, 1.54) is 11.8 Å². The lowest BCUT2D eigenvalue weighted by molar-refractivity contribution is -0.113. The molecule has 6 heteroatoms. The quantitative estimate of drug-likeness (QED) is 0.538. The molecule has 0 unspecified atom stereocenters. The van der Waals surface area contributed by atoms with Crippen LogP contribution in [0.2, 0.25) is 0 Å². The lowest BCUT2D eigenvalue weighted by Gasteiger charge is -2.14. The van der Waals surface area contributed by atoms with Gasteiger partial charge < -0.3 is 4.74 Å². The Morgan fingerprint density at radius 2 is 1.96 bits per heavy atom. The van der Waals surface area contributed by atoms with Crippen molar-refractivity contribution < 1.29 is 9.53 Å². The molecule has 1 fully saturated rings. The number of rotatable bonds is 3. The average molecular weight is 406 g/mol. The van der Waals surface area contributed by atoms with Gasteiger partial charge in [-0.3, -0.25) is 9.69 Å². The Balaban J connectivity index is 1.89. The lowest BCUT2D eigenvalue weighted by atomic mass is 10.2. The van der Waals surface area contributed by atoms with E-state index in [-0.39, 0.29) is 5.91 Å². The van der Waals surface area contributed by atoms with Gasteiger partial charge in [-0.2, -0.15) is 0 Å². The van der Waals surface area contributed by atoms with E-state index >= 15 is 0 Å². The van der Waals surface area contributed by atoms with Crippen molar-refractivity contribution in [2.24, 2.45) is 0 Å². The van der Waals surface area contributed by atoms with Crippen molar-refractivity contribution in [3.63, 3.8) is 0 Å². The van der Waals surface area contributed by atoms with E-state index in [1.807, 2.05) is 54.6 Å². The maximum atomic E-state index is 12.7. The van der Waals surface area contributed by atoms with Crippen LogP contribution in [0, 0.1) is 0 Å². The van der Waals surface area contributed by atoms with Crippen molar-refractivity contribution in [3.8, 4) is 5.75 Å². The van der Waals surface area contributed by atoms with E-state index in [9.17, 15) is 4.79 Å². The zero-order valence-electron chi connectivity index (χ0n) is 12.2. The molecule has 1 heterocycles. The normalized spacial score (nSPS) is 16.3. The highest BCUT2D eigenvalue weighted by molar-refractivity contribution is 9.10. The lowest BCUT2D eigenvalue weighted by Crippen LogP contribution is -2.27. The number of methoxy groups -OCH3 is 1. The van der Waals surface area contributed by atoms with E-state index in [2.05, 4.69) is 15.9 Å². The smallest absolute Gasteiger partial charge is 0.270 e. The number of carbonyl (C=O) groups is 1. The van der Waals surface area contributed by atoms with Crippen LogP contribution >= 0.6 is 39.9 Å². The van der Waals surface area contributed by atoms with E-state index in [1.54, 1.807) is 12.0 Å². The Morgan fingerprint density at radius 3 is 2.61 bits per heavy atom. The Hall–Kier alpha value is -1.63. The fraction of sp³-hybridized carbons (Fsp3) is 0.0588. The van der Waals surface area contributed by atoms with E-state index in [4.69, 9.17) is 17.0 Å². The van der Waals surface area contributed by atoms with Crippen LogP contribution in [0.25, 0.3) is 6.08 Å². The van der Waals surface area contributed by atoms with Crippen LogP contribution in [-0.4, -0.2) is 17.3 Å². The largest absolute Gasteiger partial charge is 0.497 e. The van der Waals surface area contributed by atoms with Gasteiger partial charge in [0.1, 0.15) is 5.75 Å². The summed E-state index contributed by atoms with van der Waals surface area (Å²) in [7, 11) is 1.62. The average Bonchev–Trinajstić information content (AvgIpc) is 2.82. The Labute approximate surface area is 152 Å². The molecule has 0 N–H and O–H groups in total. The first-order valence-electron chi connectivity index (χ1n) is 6.76. The minimum absolute atomic E-state index is 0.103. The van der Waals surface area contributed by atoms with Gasteiger partial charge in [-0.15, -0.1) is 0 Å². The van der Waals surface area contributed by atoms with Gasteiger partial charge in [0.25, 0.3) is 5.91 Å². The zero-order chi connectivity index (χ0) is 16.4. The van der Waals surface area contributed by atoms with E-state index in [0.717, 1.165) is 21.5 Å². The molecule has 2 aromatic rings. The van der Waals surface area contributed by atoms with Crippen molar-refractivity contribution >= 4 is 61.9 Å². The van der Waals surface area contributed by atoms with E-state index in [0.29, 0.717) is 9.23 Å². The number of hydrogen-bond acceptors (Lipinski definition) is 4. The van der Waals surface area contributed by atoms with Gasteiger partial charge in [0.05, 0.1) is 17.7 Å². The molecule has 23 heavy (non-hydrogen) atoms. The van der Waals surface area contributed by atoms with Gasteiger partial charge in [-0.25, -0.2) is 0 Å². The van der Waals surface area contributed by atoms with Crippen LogP contribution in [0.4, 0.5) is 5.69 Å². The summed E-state index contributed by atoms with van der Waals surface area (Å²) in [6.07, 6.45) is 1.84. The van der Waals surface area contributed by atoms with Gasteiger partial charge in [0, 0.05) is 4.47 Å². The molecule has 0 bridgehead atoms. The molecule has 2 aromatic carbocycles. The Morgan fingerprint density at radius 1 is 1.22 bits per heavy atom. The maximum absolute atomic E-state index is 12.7. The van der Waals surface area contributed by atoms with Crippen molar-refractivity contribution in [2.45, 2.75) is 0 Å². The number of anilines is 1. The van der Waals surface area contributed by atoms with Gasteiger partial charge in [0.15, 0.2) is 4.32 Å². The number of ether oxygens (including phenoxy) is 1. The first kappa shape index (κ1) is 16.2. The molecule has 0 atom stereocenters. The number of halogens is 1. The molecule has 3 rings (SSSR count). The van der Waals surface area contributed by atoms with Crippen molar-refractivity contribution in [3.05, 3.63) is 63.5 Å².